The van der Waals surface area contributed by atoms with E-state index in [1.807, 2.05) is 4.90 Å². The highest BCUT2D eigenvalue weighted by Crippen LogP contribution is 2.44. The van der Waals surface area contributed by atoms with E-state index in [0.29, 0.717) is 31.2 Å². The number of morpholine rings is 1. The average Bonchev–Trinajstić information content (AvgIpc) is 3.30. The highest BCUT2D eigenvalue weighted by Gasteiger charge is 2.73. The van der Waals surface area contributed by atoms with E-state index in [4.69, 9.17) is 4.74 Å². The maximum Gasteiger partial charge on any atom is 0.303 e. The molecule has 42 heavy (non-hydrogen) atoms. The van der Waals surface area contributed by atoms with Gasteiger partial charge in [-0.1, -0.05) is 6.07 Å². The number of hydrogen-bond donors (Lipinski definition) is 9. The number of phenolic OH excluding ortho intramolecular Hbond substituents is 3. The van der Waals surface area contributed by atoms with Crippen LogP contribution in [0.4, 0.5) is 10.1 Å². The monoisotopic (exact) mass is 590 g/mol. The Kier molecular flexibility index (Phi) is 7.08. The molecule has 0 aliphatic carbocycles. The van der Waals surface area contributed by atoms with E-state index in [9.17, 15) is 50.1 Å². The second-order valence-electron chi connectivity index (χ2n) is 10.5. The van der Waals surface area contributed by atoms with Gasteiger partial charge in [0.2, 0.25) is 5.91 Å². The maximum absolute atomic E-state index is 15.0. The molecule has 0 radical (unpaired) electrons. The molecular weight excluding hydrogens is 562 g/mol. The number of hydrogen-bond acceptors (Lipinski definition) is 13. The van der Waals surface area contributed by atoms with Crippen molar-refractivity contribution in [3.05, 3.63) is 46.3 Å². The first-order valence-corrected chi connectivity index (χ1v) is 12.8. The number of halogens is 1. The molecule has 3 aliphatic heterocycles. The van der Waals surface area contributed by atoms with E-state index >= 15 is 4.39 Å². The third kappa shape index (κ3) is 4.16. The average molecular weight is 590 g/mol. The minimum absolute atomic E-state index is 0.00348. The van der Waals surface area contributed by atoms with Crippen molar-refractivity contribution in [2.24, 2.45) is 0 Å². The molecule has 0 saturated carbocycles. The van der Waals surface area contributed by atoms with Crippen molar-refractivity contribution in [2.75, 3.05) is 31.6 Å². The second kappa shape index (κ2) is 10.1. The summed E-state index contributed by atoms with van der Waals surface area (Å²) in [5.41, 5.74) is -2.92. The maximum atomic E-state index is 15.0. The van der Waals surface area contributed by atoms with Crippen molar-refractivity contribution in [2.45, 2.75) is 36.6 Å². The van der Waals surface area contributed by atoms with Gasteiger partial charge in [-0.2, -0.15) is 0 Å². The van der Waals surface area contributed by atoms with Crippen molar-refractivity contribution < 1.29 is 59.3 Å². The van der Waals surface area contributed by atoms with Crippen LogP contribution in [0.3, 0.4) is 0 Å². The molecule has 17 heteroatoms. The molecule has 3 amide bonds. The van der Waals surface area contributed by atoms with Crippen LogP contribution in [0.5, 0.6) is 17.2 Å². The molecule has 5 rings (SSSR count). The number of carbonyl (C=O) groups is 3. The molecule has 9 N–H and O–H groups in total. The predicted molar refractivity (Wildman–Crippen MR) is 140 cm³/mol. The quantitative estimate of drug-likeness (QED) is 0.0528. The van der Waals surface area contributed by atoms with Gasteiger partial charge >= 0.3 is 5.79 Å². The van der Waals surface area contributed by atoms with Gasteiger partial charge in [0.05, 0.1) is 24.3 Å². The minimum Gasteiger partial charge on any atom is -0.507 e. The van der Waals surface area contributed by atoms with E-state index in [-0.39, 0.29) is 34.5 Å². The van der Waals surface area contributed by atoms with Crippen LogP contribution in [-0.2, 0) is 34.0 Å². The predicted octanol–water partition coefficient (Wildman–Crippen LogP) is -3.31. The summed E-state index contributed by atoms with van der Waals surface area (Å²) in [7, 11) is 0.843. The topological polar surface area (TPSA) is 233 Å². The van der Waals surface area contributed by atoms with E-state index in [1.165, 1.54) is 18.2 Å². The molecule has 0 spiro atoms. The number of imide groups is 1. The fraction of sp³-hybridized carbons (Fsp3) is 0.400. The second-order valence-corrected chi connectivity index (χ2v) is 10.5. The number of phenols is 3. The molecule has 1 unspecified atom stereocenters. The molecule has 1 atom stereocenters. The number of piperidine rings is 1. The third-order valence-corrected chi connectivity index (χ3v) is 8.15. The first kappa shape index (κ1) is 29.5. The number of anilines is 1. The minimum atomic E-state index is -3.86. The van der Waals surface area contributed by atoms with Gasteiger partial charge in [0.25, 0.3) is 17.6 Å². The van der Waals surface area contributed by atoms with Gasteiger partial charge in [-0.05, 0) is 12.1 Å². The van der Waals surface area contributed by atoms with E-state index in [0.717, 1.165) is 7.85 Å². The van der Waals surface area contributed by atoms with Gasteiger partial charge in [-0.3, -0.25) is 24.6 Å². The Morgan fingerprint density at radius 3 is 2.31 bits per heavy atom. The van der Waals surface area contributed by atoms with Gasteiger partial charge in [-0.25, -0.2) is 4.39 Å². The standard InChI is InChI=1S/C25H28BFN4O11/c26-23(21(36)29-22(37)24(38,39)25(23,40)41)31-10-13-11(20(31)35)2-1-3-15(13)28-8-12-16(27)19(34)18(33)14(17(12)32)9-30-4-6-42-7-5-30/h1-3,28,32-34,38-41H,4-10,26H2,(H,29,36,37). The molecule has 3 aliphatic rings. The smallest absolute Gasteiger partial charge is 0.303 e. The molecule has 0 bridgehead atoms. The van der Waals surface area contributed by atoms with E-state index < -0.39 is 70.9 Å². The first-order chi connectivity index (χ1) is 19.6. The molecule has 2 fully saturated rings. The number of aromatic hydroxyl groups is 3. The molecule has 224 valence electrons. The Morgan fingerprint density at radius 2 is 1.64 bits per heavy atom. The summed E-state index contributed by atoms with van der Waals surface area (Å²) in [6.45, 7) is 0.849. The largest absolute Gasteiger partial charge is 0.507 e. The fourth-order valence-electron chi connectivity index (χ4n) is 5.40. The summed E-state index contributed by atoms with van der Waals surface area (Å²) >= 11 is 0. The number of ether oxygens (including phenoxy) is 1. The zero-order valence-corrected chi connectivity index (χ0v) is 22.2. The summed E-state index contributed by atoms with van der Waals surface area (Å²) in [6.07, 6.45) is 0. The van der Waals surface area contributed by atoms with Crippen molar-refractivity contribution in [1.29, 1.82) is 0 Å². The lowest BCUT2D eigenvalue weighted by Gasteiger charge is -2.52. The van der Waals surface area contributed by atoms with Crippen LogP contribution in [0.25, 0.3) is 0 Å². The SMILES string of the molecule is BC1(N2Cc3c(NCc4c(O)c(CN5CCOCC5)c(O)c(O)c4F)cccc3C2=O)C(=O)NC(=O)C(O)(O)C1(O)O. The summed E-state index contributed by atoms with van der Waals surface area (Å²) in [6, 6.07) is 4.25. The fourth-order valence-corrected chi connectivity index (χ4v) is 5.40. The number of benzene rings is 2. The molecule has 3 heterocycles. The zero-order valence-electron chi connectivity index (χ0n) is 22.2. The molecule has 15 nitrogen and oxygen atoms in total. The van der Waals surface area contributed by atoms with Gasteiger partial charge in [-0.15, -0.1) is 0 Å². The number of nitrogens with zero attached hydrogens (tertiary/aromatic N) is 2. The number of amides is 3. The number of carbonyl (C=O) groups excluding carboxylic acids is 3. The highest BCUT2D eigenvalue weighted by molar-refractivity contribution is 6.34. The normalized spacial score (nSPS) is 23.5. The Morgan fingerprint density at radius 1 is 0.976 bits per heavy atom. The van der Waals surface area contributed by atoms with Crippen LogP contribution < -0.4 is 10.6 Å². The lowest BCUT2D eigenvalue weighted by Crippen LogP contribution is -2.86. The van der Waals surface area contributed by atoms with Crippen LogP contribution in [0.2, 0.25) is 0 Å². The molecule has 2 aromatic carbocycles. The summed E-state index contributed by atoms with van der Waals surface area (Å²) in [5.74, 6) is -15.5. The van der Waals surface area contributed by atoms with Gasteiger partial charge in [0.15, 0.2) is 25.2 Å². The lowest BCUT2D eigenvalue weighted by molar-refractivity contribution is -0.362. The highest BCUT2D eigenvalue weighted by atomic mass is 19.1. The zero-order chi connectivity index (χ0) is 30.8. The molecule has 2 saturated heterocycles. The van der Waals surface area contributed by atoms with Crippen LogP contribution in [-0.4, -0.2) is 114 Å². The van der Waals surface area contributed by atoms with Crippen molar-refractivity contribution in [3.63, 3.8) is 0 Å². The molecular formula is C25H28BFN4O11. The van der Waals surface area contributed by atoms with Gasteiger partial charge in [0.1, 0.15) is 11.2 Å². The molecule has 2 aromatic rings. The summed E-state index contributed by atoms with van der Waals surface area (Å²) in [4.78, 5) is 40.5. The lowest BCUT2D eigenvalue weighted by atomic mass is 9.63. The Bertz CT molecular complexity index is 1500. The third-order valence-electron chi connectivity index (χ3n) is 8.15. The van der Waals surface area contributed by atoms with Crippen molar-refractivity contribution >= 4 is 31.3 Å². The number of nitrogens with one attached hydrogen (secondary N) is 2. The Balaban J connectivity index is 1.45. The summed E-state index contributed by atoms with van der Waals surface area (Å²) < 4.78 is 20.3. The number of fused-ring (bicyclic) bond motifs is 1. The van der Waals surface area contributed by atoms with Crippen molar-refractivity contribution in [1.82, 2.24) is 15.1 Å². The van der Waals surface area contributed by atoms with E-state index in [1.54, 1.807) is 5.32 Å². The van der Waals surface area contributed by atoms with Crippen LogP contribution >= 0.6 is 0 Å². The van der Waals surface area contributed by atoms with Crippen LogP contribution in [0.15, 0.2) is 18.2 Å². The van der Waals surface area contributed by atoms with Crippen LogP contribution in [0, 0.1) is 5.82 Å². The van der Waals surface area contributed by atoms with Crippen molar-refractivity contribution in [3.8, 4) is 17.2 Å². The van der Waals surface area contributed by atoms with E-state index in [2.05, 4.69) is 5.32 Å². The Hall–Kier alpha value is -4.00. The summed E-state index contributed by atoms with van der Waals surface area (Å²) in [5, 5.41) is 77.4. The Labute approximate surface area is 237 Å². The number of aliphatic hydroxyl groups is 4. The van der Waals surface area contributed by atoms with Gasteiger partial charge in [0, 0.05) is 49.5 Å². The number of rotatable bonds is 6. The van der Waals surface area contributed by atoms with Gasteiger partial charge < -0.3 is 50.7 Å². The van der Waals surface area contributed by atoms with Crippen LogP contribution in [0.1, 0.15) is 27.0 Å². The molecule has 0 aromatic heterocycles. The first-order valence-electron chi connectivity index (χ1n) is 12.8.